The first kappa shape index (κ1) is 40.3. The summed E-state index contributed by atoms with van der Waals surface area (Å²) < 4.78 is 18.8. The minimum Gasteiger partial charge on any atom is -0.480 e. The van der Waals surface area contributed by atoms with E-state index in [-0.39, 0.29) is 28.3 Å². The number of amides is 1. The van der Waals surface area contributed by atoms with Crippen LogP contribution in [0.4, 0.5) is 5.69 Å². The molecule has 0 spiro atoms. The maximum Gasteiger partial charge on any atom is 0.337 e. The maximum absolute atomic E-state index is 14.0. The Morgan fingerprint density at radius 2 is 1.49 bits per heavy atom. The van der Waals surface area contributed by atoms with Gasteiger partial charge in [0, 0.05) is 22.4 Å². The molecule has 5 rings (SSSR count). The number of nitrogens with zero attached hydrogens (tertiary/aromatic N) is 1. The molecule has 0 saturated heterocycles. The summed E-state index contributed by atoms with van der Waals surface area (Å²) >= 11 is 0. The fraction of sp³-hybridized carbons (Fsp3) is 0.333. The standard InChI is InChI=1S/C45H51N3O7/c1-10-37(55-38-25-18-32(44(5,6)11-2)27-36(38)45(7,8)12-3)41(50)46-33-19-21-34(22-20-33)48-42(51)40(54-35-23-16-29(17-24-35)28(4)49)39(47-48)30-14-13-15-31(26-30)43(52)53-9/h13-27,37,47H,10-12H2,1-9H3,(H,46,50). The molecule has 1 heterocycles. The quantitative estimate of drug-likeness (QED) is 0.0807. The van der Waals surface area contributed by atoms with E-state index in [0.717, 1.165) is 18.4 Å². The lowest BCUT2D eigenvalue weighted by atomic mass is 9.76. The summed E-state index contributed by atoms with van der Waals surface area (Å²) in [5, 5.41) is 6.12. The summed E-state index contributed by atoms with van der Waals surface area (Å²) in [4.78, 5) is 51.8. The molecule has 0 saturated carbocycles. The highest BCUT2D eigenvalue weighted by atomic mass is 16.5. The highest BCUT2D eigenvalue weighted by Gasteiger charge is 2.29. The molecule has 1 amide bonds. The average Bonchev–Trinajstić information content (AvgIpc) is 3.51. The Hall–Kier alpha value is -5.90. The van der Waals surface area contributed by atoms with E-state index < -0.39 is 17.6 Å². The van der Waals surface area contributed by atoms with Gasteiger partial charge in [0.25, 0.3) is 5.91 Å². The largest absolute Gasteiger partial charge is 0.480 e. The molecule has 0 aliphatic carbocycles. The van der Waals surface area contributed by atoms with Gasteiger partial charge in [-0.15, -0.1) is 0 Å². The van der Waals surface area contributed by atoms with Crippen molar-refractivity contribution in [3.63, 3.8) is 0 Å². The summed E-state index contributed by atoms with van der Waals surface area (Å²) in [5.41, 5.74) is 4.29. The van der Waals surface area contributed by atoms with Gasteiger partial charge in [0.1, 0.15) is 17.2 Å². The first-order chi connectivity index (χ1) is 26.1. The fourth-order valence-corrected chi connectivity index (χ4v) is 6.06. The number of anilines is 1. The summed E-state index contributed by atoms with van der Waals surface area (Å²) in [6.07, 6.45) is 1.61. The molecule has 1 aromatic heterocycles. The Balaban J connectivity index is 1.43. The van der Waals surface area contributed by atoms with Gasteiger partial charge in [0.15, 0.2) is 11.9 Å². The van der Waals surface area contributed by atoms with Crippen molar-refractivity contribution >= 4 is 23.3 Å². The zero-order valence-corrected chi connectivity index (χ0v) is 33.2. The predicted octanol–water partition coefficient (Wildman–Crippen LogP) is 9.79. The lowest BCUT2D eigenvalue weighted by Crippen LogP contribution is -2.33. The van der Waals surface area contributed by atoms with Crippen LogP contribution in [0.5, 0.6) is 17.2 Å². The van der Waals surface area contributed by atoms with Crippen molar-refractivity contribution < 1.29 is 28.6 Å². The van der Waals surface area contributed by atoms with Gasteiger partial charge in [-0.1, -0.05) is 72.7 Å². The molecule has 288 valence electrons. The smallest absolute Gasteiger partial charge is 0.337 e. The maximum atomic E-state index is 14.0. The van der Waals surface area contributed by atoms with E-state index in [4.69, 9.17) is 14.2 Å². The van der Waals surface area contributed by atoms with Crippen LogP contribution in [0.2, 0.25) is 0 Å². The molecule has 1 unspecified atom stereocenters. The normalized spacial score (nSPS) is 12.2. The Morgan fingerprint density at radius 1 is 0.818 bits per heavy atom. The van der Waals surface area contributed by atoms with Crippen LogP contribution in [0.1, 0.15) is 106 Å². The second-order valence-corrected chi connectivity index (χ2v) is 14.9. The van der Waals surface area contributed by atoms with Gasteiger partial charge >= 0.3 is 11.5 Å². The van der Waals surface area contributed by atoms with Crippen molar-refractivity contribution in [3.8, 4) is 34.2 Å². The number of esters is 1. The van der Waals surface area contributed by atoms with E-state index in [0.29, 0.717) is 51.7 Å². The molecule has 0 radical (unpaired) electrons. The third kappa shape index (κ3) is 8.91. The topological polar surface area (TPSA) is 129 Å². The zero-order valence-electron chi connectivity index (χ0n) is 33.2. The van der Waals surface area contributed by atoms with Crippen molar-refractivity contribution in [3.05, 3.63) is 124 Å². The zero-order chi connectivity index (χ0) is 40.1. The second kappa shape index (κ2) is 16.6. The van der Waals surface area contributed by atoms with Crippen LogP contribution in [-0.4, -0.2) is 40.7 Å². The molecule has 10 nitrogen and oxygen atoms in total. The lowest BCUT2D eigenvalue weighted by Gasteiger charge is -2.31. The van der Waals surface area contributed by atoms with Crippen LogP contribution >= 0.6 is 0 Å². The van der Waals surface area contributed by atoms with Gasteiger partial charge in [-0.05, 0) is 109 Å². The van der Waals surface area contributed by atoms with Crippen molar-refractivity contribution in [2.24, 2.45) is 0 Å². The average molecular weight is 746 g/mol. The number of aromatic amines is 1. The first-order valence-electron chi connectivity index (χ1n) is 18.7. The van der Waals surface area contributed by atoms with Crippen LogP contribution in [0, 0.1) is 0 Å². The number of H-pyrrole nitrogens is 1. The fourth-order valence-electron chi connectivity index (χ4n) is 6.06. The van der Waals surface area contributed by atoms with Crippen molar-refractivity contribution in [1.82, 2.24) is 9.78 Å². The van der Waals surface area contributed by atoms with Crippen LogP contribution in [0.3, 0.4) is 0 Å². The molecule has 0 bridgehead atoms. The minimum atomic E-state index is -0.741. The first-order valence-corrected chi connectivity index (χ1v) is 18.7. The number of hydrogen-bond acceptors (Lipinski definition) is 7. The highest BCUT2D eigenvalue weighted by molar-refractivity contribution is 5.95. The molecule has 5 aromatic rings. The van der Waals surface area contributed by atoms with E-state index >= 15 is 0 Å². The third-order valence-electron chi connectivity index (χ3n) is 10.5. The molecule has 0 fully saturated rings. The number of carbonyl (C=O) groups excluding carboxylic acids is 3. The molecule has 0 aliphatic rings. The number of benzene rings is 4. The number of carbonyl (C=O) groups is 3. The minimum absolute atomic E-state index is 0.00516. The van der Waals surface area contributed by atoms with Crippen molar-refractivity contribution in [1.29, 1.82) is 0 Å². The number of rotatable bonds is 15. The molecular formula is C45H51N3O7. The molecule has 55 heavy (non-hydrogen) atoms. The van der Waals surface area contributed by atoms with Gasteiger partial charge in [-0.2, -0.15) is 0 Å². The number of ether oxygens (including phenoxy) is 3. The molecule has 0 aliphatic heterocycles. The monoisotopic (exact) mass is 745 g/mol. The number of ketones is 1. The SMILES string of the molecule is CCC(Oc1ccc(C(C)(C)CC)cc1C(C)(C)CC)C(=O)Nc1ccc(-n2[nH]c(-c3cccc(C(=O)OC)c3)c(Oc3ccc(C(C)=O)cc3)c2=O)cc1. The van der Waals surface area contributed by atoms with Gasteiger partial charge < -0.3 is 19.5 Å². The lowest BCUT2D eigenvalue weighted by molar-refractivity contribution is -0.122. The Bertz CT molecular complexity index is 2230. The van der Waals surface area contributed by atoms with Gasteiger partial charge in [-0.25, -0.2) is 9.48 Å². The second-order valence-electron chi connectivity index (χ2n) is 14.9. The summed E-state index contributed by atoms with van der Waals surface area (Å²) in [7, 11) is 1.30. The number of methoxy groups -OCH3 is 1. The summed E-state index contributed by atoms with van der Waals surface area (Å²) in [6, 6.07) is 26.2. The Kier molecular flexibility index (Phi) is 12.2. The number of Topliss-reactive ketones (excluding diaryl/α,β-unsaturated/α-hetero) is 1. The van der Waals surface area contributed by atoms with Gasteiger partial charge in [-0.3, -0.25) is 19.5 Å². The molecule has 4 aromatic carbocycles. The van der Waals surface area contributed by atoms with Crippen molar-refractivity contribution in [2.75, 3.05) is 12.4 Å². The van der Waals surface area contributed by atoms with Gasteiger partial charge in [0.2, 0.25) is 5.75 Å². The number of nitrogens with one attached hydrogen (secondary N) is 2. The van der Waals surface area contributed by atoms with E-state index in [1.165, 1.54) is 24.3 Å². The van der Waals surface area contributed by atoms with E-state index in [2.05, 4.69) is 64.1 Å². The summed E-state index contributed by atoms with van der Waals surface area (Å²) in [5.74, 6) is 0.111. The predicted molar refractivity (Wildman–Crippen MR) is 216 cm³/mol. The van der Waals surface area contributed by atoms with E-state index in [1.54, 1.807) is 72.8 Å². The van der Waals surface area contributed by atoms with Crippen LogP contribution in [0.15, 0.2) is 95.8 Å². The molecule has 1 atom stereocenters. The van der Waals surface area contributed by atoms with E-state index in [1.807, 2.05) is 13.0 Å². The third-order valence-corrected chi connectivity index (χ3v) is 10.5. The van der Waals surface area contributed by atoms with Crippen molar-refractivity contribution in [2.45, 2.75) is 91.6 Å². The molecular weight excluding hydrogens is 695 g/mol. The van der Waals surface area contributed by atoms with E-state index in [9.17, 15) is 19.2 Å². The number of aromatic nitrogens is 2. The Labute approximate surface area is 322 Å². The molecule has 2 N–H and O–H groups in total. The Morgan fingerprint density at radius 3 is 2.09 bits per heavy atom. The van der Waals surface area contributed by atoms with Crippen LogP contribution in [0.25, 0.3) is 16.9 Å². The number of hydrogen-bond donors (Lipinski definition) is 2. The van der Waals surface area contributed by atoms with Gasteiger partial charge in [0.05, 0.1) is 18.4 Å². The molecule has 10 heteroatoms. The van der Waals surface area contributed by atoms with Crippen LogP contribution < -0.4 is 20.3 Å². The highest BCUT2D eigenvalue weighted by Crippen LogP contribution is 2.39. The summed E-state index contributed by atoms with van der Waals surface area (Å²) in [6.45, 7) is 16.6. The van der Waals surface area contributed by atoms with Crippen LogP contribution in [-0.2, 0) is 20.4 Å².